The van der Waals surface area contributed by atoms with Gasteiger partial charge in [0.2, 0.25) is 0 Å². The predicted octanol–water partition coefficient (Wildman–Crippen LogP) is 2.87. The van der Waals surface area contributed by atoms with E-state index in [1.54, 1.807) is 33.0 Å². The van der Waals surface area contributed by atoms with E-state index in [0.29, 0.717) is 31.3 Å². The molecule has 160 valence electrons. The lowest BCUT2D eigenvalue weighted by Crippen LogP contribution is -2.57. The zero-order valence-electron chi connectivity index (χ0n) is 17.3. The minimum atomic E-state index is -3.11. The van der Waals surface area contributed by atoms with Crippen molar-refractivity contribution < 1.29 is 12.8 Å². The van der Waals surface area contributed by atoms with Gasteiger partial charge in [-0.2, -0.15) is 0 Å². The Bertz CT molecular complexity index is 795. The second-order valence-corrected chi connectivity index (χ2v) is 10.1. The van der Waals surface area contributed by atoms with E-state index >= 15 is 0 Å². The Hall–Kier alpha value is -1.10. The zero-order chi connectivity index (χ0) is 20.2. The molecular weight excluding hydrogens is 494 g/mol. The van der Waals surface area contributed by atoms with E-state index in [2.05, 4.69) is 10.3 Å². The standard InChI is InChI=1S/C19H31FN4O2S.HI/c1-6-23(7-2)17-9-8-15(12-16(17)20)13-22-18(21-5)24-10-11-27(25,26)19(3,4)14-24;/h8-9,12H,6-7,10-11,13-14H2,1-5H3,(H,21,22);1H. The lowest BCUT2D eigenvalue weighted by Gasteiger charge is -2.39. The van der Waals surface area contributed by atoms with Crippen LogP contribution < -0.4 is 10.2 Å². The number of guanidine groups is 1. The molecule has 0 saturated carbocycles. The molecule has 1 aromatic carbocycles. The van der Waals surface area contributed by atoms with Crippen LogP contribution in [-0.4, -0.2) is 63.0 Å². The summed E-state index contributed by atoms with van der Waals surface area (Å²) in [6.45, 7) is 10.2. The highest BCUT2D eigenvalue weighted by Crippen LogP contribution is 2.24. The topological polar surface area (TPSA) is 65.0 Å². The number of rotatable bonds is 5. The third-order valence-electron chi connectivity index (χ3n) is 5.12. The van der Waals surface area contributed by atoms with Crippen LogP contribution in [0.15, 0.2) is 23.2 Å². The quantitative estimate of drug-likeness (QED) is 0.363. The third kappa shape index (κ3) is 5.49. The van der Waals surface area contributed by atoms with E-state index in [0.717, 1.165) is 18.7 Å². The van der Waals surface area contributed by atoms with Gasteiger partial charge in [-0.1, -0.05) is 6.07 Å². The molecule has 0 spiro atoms. The Kier molecular flexibility index (Phi) is 8.98. The third-order valence-corrected chi connectivity index (χ3v) is 7.65. The average molecular weight is 526 g/mol. The summed E-state index contributed by atoms with van der Waals surface area (Å²) in [6.07, 6.45) is 0. The van der Waals surface area contributed by atoms with Crippen LogP contribution in [-0.2, 0) is 16.4 Å². The van der Waals surface area contributed by atoms with Crippen LogP contribution in [0.4, 0.5) is 10.1 Å². The van der Waals surface area contributed by atoms with Crippen molar-refractivity contribution in [2.45, 2.75) is 39.0 Å². The molecule has 0 radical (unpaired) electrons. The highest BCUT2D eigenvalue weighted by Gasteiger charge is 2.40. The largest absolute Gasteiger partial charge is 0.370 e. The summed E-state index contributed by atoms with van der Waals surface area (Å²) < 4.78 is 38.0. The summed E-state index contributed by atoms with van der Waals surface area (Å²) in [4.78, 5) is 8.19. The molecule has 1 saturated heterocycles. The van der Waals surface area contributed by atoms with Gasteiger partial charge in [0, 0.05) is 39.8 Å². The first kappa shape index (κ1) is 24.9. The summed E-state index contributed by atoms with van der Waals surface area (Å²) in [5.74, 6) is 0.498. The number of halogens is 2. The minimum Gasteiger partial charge on any atom is -0.370 e. The van der Waals surface area contributed by atoms with Crippen LogP contribution in [0.25, 0.3) is 0 Å². The van der Waals surface area contributed by atoms with Crippen molar-refractivity contribution in [1.82, 2.24) is 10.2 Å². The molecule has 1 aliphatic rings. The van der Waals surface area contributed by atoms with E-state index in [1.807, 2.05) is 29.7 Å². The van der Waals surface area contributed by atoms with Gasteiger partial charge < -0.3 is 15.1 Å². The Morgan fingerprint density at radius 2 is 1.96 bits per heavy atom. The molecule has 0 amide bonds. The van der Waals surface area contributed by atoms with Gasteiger partial charge in [0.25, 0.3) is 0 Å². The number of nitrogens with one attached hydrogen (secondary N) is 1. The first-order valence-corrected chi connectivity index (χ1v) is 11.0. The molecule has 28 heavy (non-hydrogen) atoms. The number of nitrogens with zero attached hydrogens (tertiary/aromatic N) is 3. The van der Waals surface area contributed by atoms with Crippen LogP contribution >= 0.6 is 24.0 Å². The summed E-state index contributed by atoms with van der Waals surface area (Å²) in [7, 11) is -1.44. The van der Waals surface area contributed by atoms with Crippen molar-refractivity contribution >= 4 is 45.5 Å². The fourth-order valence-corrected chi connectivity index (χ4v) is 4.68. The number of benzene rings is 1. The smallest absolute Gasteiger partial charge is 0.193 e. The van der Waals surface area contributed by atoms with E-state index in [-0.39, 0.29) is 35.5 Å². The van der Waals surface area contributed by atoms with Crippen molar-refractivity contribution in [3.8, 4) is 0 Å². The number of hydrogen-bond acceptors (Lipinski definition) is 4. The molecular formula is C19H32FIN4O2S. The first-order chi connectivity index (χ1) is 12.6. The molecule has 0 atom stereocenters. The van der Waals surface area contributed by atoms with Gasteiger partial charge in [-0.15, -0.1) is 24.0 Å². The van der Waals surface area contributed by atoms with Crippen molar-refractivity contribution in [3.05, 3.63) is 29.6 Å². The molecule has 1 aliphatic heterocycles. The van der Waals surface area contributed by atoms with Crippen LogP contribution in [0.1, 0.15) is 33.3 Å². The molecule has 1 fully saturated rings. The summed E-state index contributed by atoms with van der Waals surface area (Å²) in [6, 6.07) is 5.25. The zero-order valence-corrected chi connectivity index (χ0v) is 20.5. The summed E-state index contributed by atoms with van der Waals surface area (Å²) in [5, 5.41) is 3.23. The van der Waals surface area contributed by atoms with Crippen LogP contribution in [0.3, 0.4) is 0 Å². The fraction of sp³-hybridized carbons (Fsp3) is 0.632. The van der Waals surface area contributed by atoms with E-state index < -0.39 is 14.6 Å². The number of aliphatic imine (C=N–C) groups is 1. The van der Waals surface area contributed by atoms with E-state index in [1.165, 1.54) is 0 Å². The molecule has 0 aromatic heterocycles. The maximum atomic E-state index is 14.4. The highest BCUT2D eigenvalue weighted by molar-refractivity contribution is 14.0. The van der Waals surface area contributed by atoms with E-state index in [9.17, 15) is 12.8 Å². The van der Waals surface area contributed by atoms with E-state index in [4.69, 9.17) is 0 Å². The van der Waals surface area contributed by atoms with Gasteiger partial charge in [-0.05, 0) is 45.4 Å². The molecule has 0 aliphatic carbocycles. The molecule has 9 heteroatoms. The monoisotopic (exact) mass is 526 g/mol. The van der Waals surface area contributed by atoms with Crippen molar-refractivity contribution in [2.24, 2.45) is 4.99 Å². The second-order valence-electron chi connectivity index (χ2n) is 7.36. The van der Waals surface area contributed by atoms with Gasteiger partial charge in [-0.3, -0.25) is 4.99 Å². The number of hydrogen-bond donors (Lipinski definition) is 1. The maximum absolute atomic E-state index is 14.4. The van der Waals surface area contributed by atoms with Crippen LogP contribution in [0, 0.1) is 5.82 Å². The molecule has 0 unspecified atom stereocenters. The van der Waals surface area contributed by atoms with Gasteiger partial charge in [0.15, 0.2) is 15.8 Å². The van der Waals surface area contributed by atoms with Gasteiger partial charge in [0.1, 0.15) is 5.82 Å². The molecule has 0 bridgehead atoms. The van der Waals surface area contributed by atoms with Crippen molar-refractivity contribution in [3.63, 3.8) is 0 Å². The normalized spacial score (nSPS) is 18.4. The predicted molar refractivity (Wildman–Crippen MR) is 125 cm³/mol. The molecule has 1 aromatic rings. The molecule has 6 nitrogen and oxygen atoms in total. The lowest BCUT2D eigenvalue weighted by atomic mass is 10.1. The van der Waals surface area contributed by atoms with Gasteiger partial charge in [0.05, 0.1) is 16.2 Å². The van der Waals surface area contributed by atoms with Crippen molar-refractivity contribution in [2.75, 3.05) is 43.9 Å². The van der Waals surface area contributed by atoms with Crippen molar-refractivity contribution in [1.29, 1.82) is 0 Å². The van der Waals surface area contributed by atoms with Crippen LogP contribution in [0.2, 0.25) is 0 Å². The SMILES string of the molecule is CCN(CC)c1ccc(CNC(=NC)N2CCS(=O)(=O)C(C)(C)C2)cc1F.I. The van der Waals surface area contributed by atoms with Crippen LogP contribution in [0.5, 0.6) is 0 Å². The first-order valence-electron chi connectivity index (χ1n) is 9.36. The second kappa shape index (κ2) is 10.1. The maximum Gasteiger partial charge on any atom is 0.193 e. The highest BCUT2D eigenvalue weighted by atomic mass is 127. The average Bonchev–Trinajstić information content (AvgIpc) is 2.61. The Morgan fingerprint density at radius 1 is 1.32 bits per heavy atom. The Morgan fingerprint density at radius 3 is 2.46 bits per heavy atom. The summed E-state index contributed by atoms with van der Waals surface area (Å²) >= 11 is 0. The molecule has 1 heterocycles. The number of anilines is 1. The molecule has 1 N–H and O–H groups in total. The minimum absolute atomic E-state index is 0. The fourth-order valence-electron chi connectivity index (χ4n) is 3.32. The van der Waals surface area contributed by atoms with Gasteiger partial charge in [-0.25, -0.2) is 12.8 Å². The van der Waals surface area contributed by atoms with Gasteiger partial charge >= 0.3 is 0 Å². The number of sulfone groups is 1. The Labute approximate surface area is 185 Å². The summed E-state index contributed by atoms with van der Waals surface area (Å²) in [5.41, 5.74) is 1.42. The lowest BCUT2D eigenvalue weighted by molar-refractivity contribution is 0.353. The Balaban J connectivity index is 0.00000392. The molecule has 2 rings (SSSR count).